The van der Waals surface area contributed by atoms with Crippen LogP contribution in [0.4, 0.5) is 23.2 Å². The predicted molar refractivity (Wildman–Crippen MR) is 165 cm³/mol. The molecule has 2 unspecified atom stereocenters. The minimum Gasteiger partial charge on any atom is -0.383 e. The van der Waals surface area contributed by atoms with Crippen molar-refractivity contribution in [2.45, 2.75) is 83.0 Å². The fourth-order valence-electron chi connectivity index (χ4n) is 6.61. The van der Waals surface area contributed by atoms with Gasteiger partial charge in [0.15, 0.2) is 0 Å². The van der Waals surface area contributed by atoms with E-state index in [9.17, 15) is 28.0 Å². The summed E-state index contributed by atoms with van der Waals surface area (Å²) >= 11 is 0. The number of carbonyl (C=O) groups excluding carboxylic acids is 2. The Bertz CT molecular complexity index is 1830. The zero-order chi connectivity index (χ0) is 33.8. The topological polar surface area (TPSA) is 156 Å². The molecule has 10 nitrogen and oxygen atoms in total. The molecule has 0 bridgehead atoms. The largest absolute Gasteiger partial charge is 0.433 e. The van der Waals surface area contributed by atoms with Gasteiger partial charge in [0, 0.05) is 41.5 Å². The minimum atomic E-state index is -4.60. The maximum Gasteiger partial charge on any atom is 0.433 e. The monoisotopic (exact) mass is 650 g/mol. The van der Waals surface area contributed by atoms with Crippen molar-refractivity contribution in [3.63, 3.8) is 0 Å². The van der Waals surface area contributed by atoms with Crippen LogP contribution >= 0.6 is 0 Å². The number of anilines is 1. The third kappa shape index (κ3) is 6.43. The van der Waals surface area contributed by atoms with E-state index in [1.165, 1.54) is 12.1 Å². The first-order valence-electron chi connectivity index (χ1n) is 15.6. The van der Waals surface area contributed by atoms with Gasteiger partial charge < -0.3 is 16.4 Å². The molecule has 2 atom stereocenters. The summed E-state index contributed by atoms with van der Waals surface area (Å²) in [6.07, 6.45) is -0.760. The van der Waals surface area contributed by atoms with Crippen molar-refractivity contribution in [3.8, 4) is 17.2 Å². The summed E-state index contributed by atoms with van der Waals surface area (Å²) in [5, 5.41) is 14.5. The van der Waals surface area contributed by atoms with E-state index in [0.717, 1.165) is 24.6 Å². The van der Waals surface area contributed by atoms with Crippen LogP contribution in [0.15, 0.2) is 29.3 Å². The maximum absolute atomic E-state index is 15.6. The number of alkyl halides is 3. The number of piperidine rings is 1. The minimum absolute atomic E-state index is 0.0961. The van der Waals surface area contributed by atoms with E-state index in [-0.39, 0.29) is 47.1 Å². The van der Waals surface area contributed by atoms with E-state index in [4.69, 9.17) is 11.5 Å². The number of nitrogens with two attached hydrogens (primary N) is 2. The molecule has 1 aliphatic heterocycles. The molecular formula is C33H34F4N8O2. The highest BCUT2D eigenvalue weighted by atomic mass is 19.4. The lowest BCUT2D eigenvalue weighted by molar-refractivity contribution is -0.141. The molecule has 0 radical (unpaired) electrons. The van der Waals surface area contributed by atoms with Crippen LogP contribution in [0.25, 0.3) is 11.1 Å². The summed E-state index contributed by atoms with van der Waals surface area (Å²) in [5.41, 5.74) is 14.0. The molecule has 246 valence electrons. The number of primary amides is 1. The Morgan fingerprint density at radius 1 is 1.11 bits per heavy atom. The molecule has 4 N–H and O–H groups in total. The van der Waals surface area contributed by atoms with Gasteiger partial charge in [0.25, 0.3) is 5.91 Å². The van der Waals surface area contributed by atoms with Crippen LogP contribution in [-0.4, -0.2) is 45.0 Å². The first kappa shape index (κ1) is 32.2. The molecule has 2 saturated carbocycles. The number of nitrogens with zero attached hydrogens (tertiary/aromatic N) is 6. The highest BCUT2D eigenvalue weighted by molar-refractivity contribution is 6.05. The second-order valence-corrected chi connectivity index (χ2v) is 12.7. The summed E-state index contributed by atoms with van der Waals surface area (Å²) < 4.78 is 57.0. The van der Waals surface area contributed by atoms with Crippen molar-refractivity contribution in [1.82, 2.24) is 14.8 Å². The first-order valence-corrected chi connectivity index (χ1v) is 15.6. The average Bonchev–Trinajstić information content (AvgIpc) is 3.93. The van der Waals surface area contributed by atoms with Crippen molar-refractivity contribution in [3.05, 3.63) is 64.0 Å². The van der Waals surface area contributed by atoms with Crippen molar-refractivity contribution < 1.29 is 27.2 Å². The van der Waals surface area contributed by atoms with Crippen LogP contribution in [-0.2, 0) is 22.3 Å². The molecule has 3 heterocycles. The van der Waals surface area contributed by atoms with E-state index in [2.05, 4.69) is 15.1 Å². The standard InChI is InChI=1S/C33H34F4N8O2/c1-16-11-20(32(47)42-31(40)22-7-8-26(33(35,36)37)41-29(22)18-3-4-18)9-10-44(16)25-13-21(12-24(34)23(25)14-38)28-17(2)43-45(15-27(39)46)30(28)19-5-6-19/h7-8,12-13,16,18-20H,3-6,9-11,15H2,1-2H3,(H2,39,46)(H2,40,42,47). The number of benzene rings is 1. The number of nitriles is 1. The normalized spacial score (nSPS) is 20.3. The quantitative estimate of drug-likeness (QED) is 0.196. The Kier molecular flexibility index (Phi) is 8.27. The molecule has 2 aromatic heterocycles. The number of carbonyl (C=O) groups is 2. The van der Waals surface area contributed by atoms with Gasteiger partial charge in [-0.1, -0.05) is 0 Å². The van der Waals surface area contributed by atoms with Crippen LogP contribution in [0.3, 0.4) is 0 Å². The Labute approximate surface area is 268 Å². The zero-order valence-corrected chi connectivity index (χ0v) is 25.9. The molecule has 1 saturated heterocycles. The number of rotatable bonds is 8. The first-order chi connectivity index (χ1) is 22.3. The number of amidine groups is 1. The third-order valence-corrected chi connectivity index (χ3v) is 9.13. The highest BCUT2D eigenvalue weighted by Gasteiger charge is 2.38. The molecule has 3 fully saturated rings. The molecule has 1 aromatic carbocycles. The smallest absolute Gasteiger partial charge is 0.383 e. The Balaban J connectivity index is 1.25. The number of hydrogen-bond acceptors (Lipinski definition) is 6. The summed E-state index contributed by atoms with van der Waals surface area (Å²) in [4.78, 5) is 34.8. The zero-order valence-electron chi connectivity index (χ0n) is 25.9. The fraction of sp³-hybridized carbons (Fsp3) is 0.455. The van der Waals surface area contributed by atoms with Gasteiger partial charge in [0.05, 0.1) is 22.8 Å². The van der Waals surface area contributed by atoms with Gasteiger partial charge in [-0.3, -0.25) is 14.3 Å². The van der Waals surface area contributed by atoms with Gasteiger partial charge in [-0.15, -0.1) is 0 Å². The predicted octanol–water partition coefficient (Wildman–Crippen LogP) is 5.06. The van der Waals surface area contributed by atoms with E-state index in [0.29, 0.717) is 54.7 Å². The van der Waals surface area contributed by atoms with Crippen LogP contribution in [0, 0.1) is 30.0 Å². The molecule has 2 aliphatic carbocycles. The van der Waals surface area contributed by atoms with E-state index in [1.54, 1.807) is 17.7 Å². The van der Waals surface area contributed by atoms with Gasteiger partial charge in [0.1, 0.15) is 35.5 Å². The Morgan fingerprint density at radius 3 is 2.40 bits per heavy atom. The lowest BCUT2D eigenvalue weighted by Crippen LogP contribution is -2.43. The number of aromatic nitrogens is 3. The van der Waals surface area contributed by atoms with Gasteiger partial charge in [-0.05, 0) is 82.2 Å². The van der Waals surface area contributed by atoms with Crippen LogP contribution in [0.1, 0.15) is 91.2 Å². The SMILES string of the molecule is Cc1nn(CC(N)=O)c(C2CC2)c1-c1cc(F)c(C#N)c(N2CCC(C(=O)N=C(N)c3ccc(C(F)(F)F)nc3C3CC3)CC2C)c1. The molecule has 3 aromatic rings. The van der Waals surface area contributed by atoms with E-state index >= 15 is 4.39 Å². The van der Waals surface area contributed by atoms with Gasteiger partial charge >= 0.3 is 6.18 Å². The summed E-state index contributed by atoms with van der Waals surface area (Å²) in [6, 6.07) is 6.83. The van der Waals surface area contributed by atoms with Gasteiger partial charge in [-0.2, -0.15) is 28.5 Å². The second kappa shape index (κ2) is 12.1. The van der Waals surface area contributed by atoms with Crippen molar-refractivity contribution in [1.29, 1.82) is 5.26 Å². The number of amides is 2. The van der Waals surface area contributed by atoms with Crippen molar-refractivity contribution >= 4 is 23.3 Å². The number of aryl methyl sites for hydroxylation is 1. The number of hydrogen-bond donors (Lipinski definition) is 2. The van der Waals surface area contributed by atoms with E-state index in [1.807, 2.05) is 17.9 Å². The molecular weight excluding hydrogens is 616 g/mol. The molecule has 47 heavy (non-hydrogen) atoms. The number of halogens is 4. The summed E-state index contributed by atoms with van der Waals surface area (Å²) in [7, 11) is 0. The molecule has 2 amide bonds. The van der Waals surface area contributed by atoms with Crippen LogP contribution in [0.5, 0.6) is 0 Å². The lowest BCUT2D eigenvalue weighted by Gasteiger charge is -2.39. The van der Waals surface area contributed by atoms with E-state index < -0.39 is 35.4 Å². The second-order valence-electron chi connectivity index (χ2n) is 12.7. The number of aliphatic imine (C=N–C) groups is 1. The lowest BCUT2D eigenvalue weighted by atomic mass is 9.89. The summed E-state index contributed by atoms with van der Waals surface area (Å²) in [5.74, 6) is -2.43. The van der Waals surface area contributed by atoms with Crippen LogP contribution < -0.4 is 16.4 Å². The van der Waals surface area contributed by atoms with Gasteiger partial charge in [0.2, 0.25) is 5.91 Å². The molecule has 6 rings (SSSR count). The third-order valence-electron chi connectivity index (χ3n) is 9.13. The molecule has 14 heteroatoms. The molecule has 0 spiro atoms. The van der Waals surface area contributed by atoms with Crippen molar-refractivity contribution in [2.24, 2.45) is 22.4 Å². The Hall–Kier alpha value is -4.80. The van der Waals surface area contributed by atoms with Crippen molar-refractivity contribution in [2.75, 3.05) is 11.4 Å². The number of pyridine rings is 1. The Morgan fingerprint density at radius 2 is 1.81 bits per heavy atom. The van der Waals surface area contributed by atoms with Crippen LogP contribution in [0.2, 0.25) is 0 Å². The highest BCUT2D eigenvalue weighted by Crippen LogP contribution is 2.47. The van der Waals surface area contributed by atoms with Gasteiger partial charge in [-0.25, -0.2) is 9.37 Å². The fourth-order valence-corrected chi connectivity index (χ4v) is 6.61. The molecule has 3 aliphatic rings. The summed E-state index contributed by atoms with van der Waals surface area (Å²) in [6.45, 7) is 3.88. The maximum atomic E-state index is 15.6. The average molecular weight is 651 g/mol.